The maximum atomic E-state index is 12.2. The van der Waals surface area contributed by atoms with E-state index in [2.05, 4.69) is 22.4 Å². The number of ether oxygens (including phenoxy) is 1. The number of nitrogens with zero attached hydrogens (tertiary/aromatic N) is 2. The summed E-state index contributed by atoms with van der Waals surface area (Å²) in [5, 5.41) is 9.38. The van der Waals surface area contributed by atoms with Crippen molar-refractivity contribution >= 4 is 5.82 Å². The Hall–Kier alpha value is -1.37. The van der Waals surface area contributed by atoms with Crippen molar-refractivity contribution in [3.8, 4) is 0 Å². The highest BCUT2D eigenvalue weighted by molar-refractivity contribution is 5.33. The van der Waals surface area contributed by atoms with Gasteiger partial charge in [-0.3, -0.25) is 0 Å². The van der Waals surface area contributed by atoms with Crippen LogP contribution in [0.15, 0.2) is 12.1 Å². The van der Waals surface area contributed by atoms with Crippen molar-refractivity contribution in [1.29, 1.82) is 0 Å². The van der Waals surface area contributed by atoms with E-state index < -0.39 is 11.9 Å². The van der Waals surface area contributed by atoms with Gasteiger partial charge in [0.25, 0.3) is 0 Å². The zero-order valence-corrected chi connectivity index (χ0v) is 10.1. The van der Waals surface area contributed by atoms with Crippen molar-refractivity contribution in [3.05, 3.63) is 17.8 Å². The number of hydrogen-bond donors (Lipinski definition) is 1. The van der Waals surface area contributed by atoms with Crippen LogP contribution in [0.4, 0.5) is 19.0 Å². The van der Waals surface area contributed by atoms with Gasteiger partial charge in [-0.05, 0) is 18.6 Å². The molecule has 18 heavy (non-hydrogen) atoms. The molecule has 1 N–H and O–H groups in total. The van der Waals surface area contributed by atoms with E-state index >= 15 is 0 Å². The quantitative estimate of drug-likeness (QED) is 0.768. The molecule has 1 aromatic rings. The Morgan fingerprint density at radius 3 is 2.56 bits per heavy atom. The van der Waals surface area contributed by atoms with Gasteiger partial charge in [0.15, 0.2) is 5.69 Å². The van der Waals surface area contributed by atoms with Crippen LogP contribution in [0.3, 0.4) is 0 Å². The summed E-state index contributed by atoms with van der Waals surface area (Å²) in [6, 6.07) is 2.15. The lowest BCUT2D eigenvalue weighted by molar-refractivity contribution is -0.141. The SMILES string of the molecule is CCCCOCCNc1ccc(C(F)(F)F)nn1. The predicted octanol–water partition coefficient (Wildman–Crippen LogP) is 2.72. The average Bonchev–Trinajstić information content (AvgIpc) is 2.33. The van der Waals surface area contributed by atoms with Gasteiger partial charge in [-0.1, -0.05) is 13.3 Å². The smallest absolute Gasteiger partial charge is 0.380 e. The highest BCUT2D eigenvalue weighted by Gasteiger charge is 2.32. The van der Waals surface area contributed by atoms with Gasteiger partial charge in [0.1, 0.15) is 5.82 Å². The lowest BCUT2D eigenvalue weighted by atomic mass is 10.4. The van der Waals surface area contributed by atoms with Gasteiger partial charge < -0.3 is 10.1 Å². The molecule has 0 unspecified atom stereocenters. The summed E-state index contributed by atoms with van der Waals surface area (Å²) in [6.45, 7) is 3.74. The largest absolute Gasteiger partial charge is 0.435 e. The minimum Gasteiger partial charge on any atom is -0.380 e. The molecule has 0 fully saturated rings. The van der Waals surface area contributed by atoms with E-state index in [1.165, 1.54) is 6.07 Å². The van der Waals surface area contributed by atoms with Crippen LogP contribution < -0.4 is 5.32 Å². The van der Waals surface area contributed by atoms with Gasteiger partial charge >= 0.3 is 6.18 Å². The van der Waals surface area contributed by atoms with Crippen LogP contribution in [0.1, 0.15) is 25.5 Å². The van der Waals surface area contributed by atoms with Gasteiger partial charge in [-0.15, -0.1) is 10.2 Å². The Kier molecular flexibility index (Phi) is 5.84. The van der Waals surface area contributed by atoms with Crippen molar-refractivity contribution < 1.29 is 17.9 Å². The fourth-order valence-electron chi connectivity index (χ4n) is 1.18. The minimum absolute atomic E-state index is 0.307. The molecule has 0 aliphatic heterocycles. The lowest BCUT2D eigenvalue weighted by Crippen LogP contribution is -2.13. The Morgan fingerprint density at radius 2 is 2.00 bits per heavy atom. The molecular weight excluding hydrogens is 247 g/mol. The molecule has 7 heteroatoms. The third-order valence-corrected chi connectivity index (χ3v) is 2.15. The predicted molar refractivity (Wildman–Crippen MR) is 61.3 cm³/mol. The van der Waals surface area contributed by atoms with Gasteiger partial charge in [0, 0.05) is 13.2 Å². The van der Waals surface area contributed by atoms with Crippen LogP contribution in [0.5, 0.6) is 0 Å². The molecule has 1 aromatic heterocycles. The molecule has 0 aliphatic rings. The maximum Gasteiger partial charge on any atom is 0.435 e. The van der Waals surface area contributed by atoms with Crippen molar-refractivity contribution in [3.63, 3.8) is 0 Å². The first-order valence-electron chi connectivity index (χ1n) is 5.76. The molecule has 0 atom stereocenters. The molecule has 0 amide bonds. The molecule has 0 spiro atoms. The second kappa shape index (κ2) is 7.15. The molecular formula is C11H16F3N3O. The molecule has 0 aliphatic carbocycles. The van der Waals surface area contributed by atoms with E-state index in [0.29, 0.717) is 25.6 Å². The van der Waals surface area contributed by atoms with E-state index in [0.717, 1.165) is 18.9 Å². The molecule has 1 rings (SSSR count). The summed E-state index contributed by atoms with van der Waals surface area (Å²) < 4.78 is 41.9. The Bertz CT molecular complexity index is 340. The summed E-state index contributed by atoms with van der Waals surface area (Å²) in [5.74, 6) is 0.307. The van der Waals surface area contributed by atoms with Crippen molar-refractivity contribution in [1.82, 2.24) is 10.2 Å². The van der Waals surface area contributed by atoms with Crippen LogP contribution in [0, 0.1) is 0 Å². The Balaban J connectivity index is 2.27. The number of halogens is 3. The molecule has 0 aromatic carbocycles. The zero-order chi connectivity index (χ0) is 13.4. The number of rotatable bonds is 7. The first kappa shape index (κ1) is 14.7. The molecule has 0 bridgehead atoms. The van der Waals surface area contributed by atoms with Gasteiger partial charge in [0.2, 0.25) is 0 Å². The normalized spacial score (nSPS) is 11.6. The highest BCUT2D eigenvalue weighted by Crippen LogP contribution is 2.26. The van der Waals surface area contributed by atoms with Crippen LogP contribution in [0.2, 0.25) is 0 Å². The van der Waals surface area contributed by atoms with E-state index in [1.54, 1.807) is 0 Å². The second-order valence-electron chi connectivity index (χ2n) is 3.69. The number of nitrogens with one attached hydrogen (secondary N) is 1. The van der Waals surface area contributed by atoms with Crippen molar-refractivity contribution in [2.75, 3.05) is 25.1 Å². The maximum absolute atomic E-state index is 12.2. The van der Waals surface area contributed by atoms with E-state index in [9.17, 15) is 13.2 Å². The molecule has 102 valence electrons. The average molecular weight is 263 g/mol. The third kappa shape index (κ3) is 5.31. The summed E-state index contributed by atoms with van der Waals surface area (Å²) >= 11 is 0. The van der Waals surface area contributed by atoms with Crippen LogP contribution in [-0.4, -0.2) is 30.0 Å². The number of unbranched alkanes of at least 4 members (excludes halogenated alkanes) is 1. The summed E-state index contributed by atoms with van der Waals surface area (Å²) in [7, 11) is 0. The van der Waals surface area contributed by atoms with Crippen LogP contribution in [-0.2, 0) is 10.9 Å². The van der Waals surface area contributed by atoms with Crippen molar-refractivity contribution in [2.45, 2.75) is 25.9 Å². The topological polar surface area (TPSA) is 47.0 Å². The summed E-state index contributed by atoms with van der Waals surface area (Å²) in [6.07, 6.45) is -2.38. The van der Waals surface area contributed by atoms with Crippen LogP contribution in [0.25, 0.3) is 0 Å². The second-order valence-corrected chi connectivity index (χ2v) is 3.69. The summed E-state index contributed by atoms with van der Waals surface area (Å²) in [5.41, 5.74) is -0.993. The molecule has 1 heterocycles. The monoisotopic (exact) mass is 263 g/mol. The molecule has 0 saturated heterocycles. The van der Waals surface area contributed by atoms with E-state index in [1.807, 2.05) is 0 Å². The minimum atomic E-state index is -4.45. The van der Waals surface area contributed by atoms with Gasteiger partial charge in [-0.25, -0.2) is 0 Å². The standard InChI is InChI=1S/C11H16F3N3O/c1-2-3-7-18-8-6-15-10-5-4-9(16-17-10)11(12,13)14/h4-5H,2-3,6-8H2,1H3,(H,15,17). The fraction of sp³-hybridized carbons (Fsp3) is 0.636. The Labute approximate surface area is 104 Å². The van der Waals surface area contributed by atoms with E-state index in [-0.39, 0.29) is 0 Å². The van der Waals surface area contributed by atoms with Gasteiger partial charge in [0.05, 0.1) is 6.61 Å². The first-order valence-corrected chi connectivity index (χ1v) is 5.76. The summed E-state index contributed by atoms with van der Waals surface area (Å²) in [4.78, 5) is 0. The number of hydrogen-bond acceptors (Lipinski definition) is 4. The van der Waals surface area contributed by atoms with Crippen molar-refractivity contribution in [2.24, 2.45) is 0 Å². The number of alkyl halides is 3. The zero-order valence-electron chi connectivity index (χ0n) is 10.1. The third-order valence-electron chi connectivity index (χ3n) is 2.15. The number of aromatic nitrogens is 2. The van der Waals surface area contributed by atoms with E-state index in [4.69, 9.17) is 4.74 Å². The molecule has 4 nitrogen and oxygen atoms in total. The highest BCUT2D eigenvalue weighted by atomic mass is 19.4. The molecule has 0 saturated carbocycles. The van der Waals surface area contributed by atoms with Gasteiger partial charge in [-0.2, -0.15) is 13.2 Å². The van der Waals surface area contributed by atoms with Crippen LogP contribution >= 0.6 is 0 Å². The number of anilines is 1. The first-order chi connectivity index (χ1) is 8.54. The molecule has 0 radical (unpaired) electrons. The Morgan fingerprint density at radius 1 is 1.22 bits per heavy atom. The lowest BCUT2D eigenvalue weighted by Gasteiger charge is -2.07. The fourth-order valence-corrected chi connectivity index (χ4v) is 1.18.